The number of rotatable bonds is 4. The normalized spacial score (nSPS) is 25.2. The molecule has 0 saturated heterocycles. The van der Waals surface area contributed by atoms with Gasteiger partial charge < -0.3 is 15.0 Å². The van der Waals surface area contributed by atoms with Crippen LogP contribution in [0.4, 0.5) is 4.79 Å². The van der Waals surface area contributed by atoms with Gasteiger partial charge in [-0.25, -0.2) is 4.79 Å². The van der Waals surface area contributed by atoms with Gasteiger partial charge in [0.1, 0.15) is 5.60 Å². The minimum Gasteiger partial charge on any atom is -0.444 e. The predicted molar refractivity (Wildman–Crippen MR) is 85.5 cm³/mol. The molecule has 0 unspecified atom stereocenters. The van der Waals surface area contributed by atoms with E-state index in [-0.39, 0.29) is 30.0 Å². The fourth-order valence-electron chi connectivity index (χ4n) is 3.23. The summed E-state index contributed by atoms with van der Waals surface area (Å²) in [6, 6.07) is 0.764. The van der Waals surface area contributed by atoms with Crippen molar-refractivity contribution in [1.82, 2.24) is 10.2 Å². The second-order valence-electron chi connectivity index (χ2n) is 7.92. The first-order chi connectivity index (χ1) is 10.2. The molecule has 5 heteroatoms. The summed E-state index contributed by atoms with van der Waals surface area (Å²) in [4.78, 5) is 26.6. The van der Waals surface area contributed by atoms with E-state index in [9.17, 15) is 9.59 Å². The van der Waals surface area contributed by atoms with Crippen LogP contribution in [0.25, 0.3) is 0 Å². The Morgan fingerprint density at radius 2 is 1.77 bits per heavy atom. The van der Waals surface area contributed by atoms with Crippen molar-refractivity contribution >= 4 is 12.0 Å². The van der Waals surface area contributed by atoms with Crippen LogP contribution in [0.1, 0.15) is 66.7 Å². The van der Waals surface area contributed by atoms with Crippen molar-refractivity contribution in [2.24, 2.45) is 5.92 Å². The first kappa shape index (κ1) is 17.1. The highest BCUT2D eigenvalue weighted by molar-refractivity contribution is 5.80. The molecule has 0 spiro atoms. The summed E-state index contributed by atoms with van der Waals surface area (Å²) in [6.07, 6.45) is 4.33. The summed E-state index contributed by atoms with van der Waals surface area (Å²) < 4.78 is 5.28. The van der Waals surface area contributed by atoms with Gasteiger partial charge in [-0.2, -0.15) is 0 Å². The SMILES string of the molecule is CC(C)N(C(=O)[C@H]1CC[C@H](NC(=O)OC(C)(C)C)C1)C1CC1. The molecule has 2 aliphatic carbocycles. The molecule has 1 N–H and O–H groups in total. The lowest BCUT2D eigenvalue weighted by molar-refractivity contribution is -0.137. The van der Waals surface area contributed by atoms with E-state index < -0.39 is 5.60 Å². The third-order valence-corrected chi connectivity index (χ3v) is 4.25. The number of alkyl carbamates (subject to hydrolysis) is 1. The van der Waals surface area contributed by atoms with Crippen molar-refractivity contribution in [3.8, 4) is 0 Å². The highest BCUT2D eigenvalue weighted by Gasteiger charge is 2.40. The van der Waals surface area contributed by atoms with E-state index in [1.807, 2.05) is 20.8 Å². The summed E-state index contributed by atoms with van der Waals surface area (Å²) in [6.45, 7) is 9.72. The average molecular weight is 310 g/mol. The number of carbonyl (C=O) groups excluding carboxylic acids is 2. The van der Waals surface area contributed by atoms with Crippen LogP contribution in [0.15, 0.2) is 0 Å². The van der Waals surface area contributed by atoms with Gasteiger partial charge >= 0.3 is 6.09 Å². The van der Waals surface area contributed by atoms with Crippen molar-refractivity contribution < 1.29 is 14.3 Å². The van der Waals surface area contributed by atoms with Crippen molar-refractivity contribution in [3.63, 3.8) is 0 Å². The van der Waals surface area contributed by atoms with E-state index in [4.69, 9.17) is 4.74 Å². The zero-order valence-corrected chi connectivity index (χ0v) is 14.5. The molecule has 0 aromatic heterocycles. The molecule has 2 saturated carbocycles. The van der Waals surface area contributed by atoms with Gasteiger partial charge in [-0.1, -0.05) is 0 Å². The largest absolute Gasteiger partial charge is 0.444 e. The van der Waals surface area contributed by atoms with E-state index in [2.05, 4.69) is 24.1 Å². The third-order valence-electron chi connectivity index (χ3n) is 4.25. The van der Waals surface area contributed by atoms with Gasteiger partial charge in [0.15, 0.2) is 0 Å². The smallest absolute Gasteiger partial charge is 0.407 e. The zero-order valence-electron chi connectivity index (χ0n) is 14.5. The number of hydrogen-bond acceptors (Lipinski definition) is 3. The minimum atomic E-state index is -0.488. The Morgan fingerprint density at radius 3 is 2.27 bits per heavy atom. The molecule has 2 atom stereocenters. The molecule has 5 nitrogen and oxygen atoms in total. The number of amides is 2. The molecule has 0 aromatic carbocycles. The second kappa shape index (κ2) is 6.47. The van der Waals surface area contributed by atoms with Gasteiger partial charge in [0.05, 0.1) is 0 Å². The lowest BCUT2D eigenvalue weighted by Crippen LogP contribution is -2.43. The van der Waals surface area contributed by atoms with E-state index in [0.29, 0.717) is 6.04 Å². The monoisotopic (exact) mass is 310 g/mol. The molecule has 0 heterocycles. The molecule has 0 aromatic rings. The number of nitrogens with one attached hydrogen (secondary N) is 1. The zero-order chi connectivity index (χ0) is 16.5. The molecule has 126 valence electrons. The molecule has 2 aliphatic rings. The number of nitrogens with zero attached hydrogens (tertiary/aromatic N) is 1. The second-order valence-corrected chi connectivity index (χ2v) is 7.92. The topological polar surface area (TPSA) is 58.6 Å². The highest BCUT2D eigenvalue weighted by Crippen LogP contribution is 2.34. The maximum Gasteiger partial charge on any atom is 0.407 e. The van der Waals surface area contributed by atoms with Crippen molar-refractivity contribution in [3.05, 3.63) is 0 Å². The summed E-state index contributed by atoms with van der Waals surface area (Å²) in [5.41, 5.74) is -0.488. The molecule has 0 radical (unpaired) electrons. The Morgan fingerprint density at radius 1 is 1.14 bits per heavy atom. The van der Waals surface area contributed by atoms with Crippen LogP contribution in [-0.2, 0) is 9.53 Å². The van der Waals surface area contributed by atoms with Crippen molar-refractivity contribution in [2.75, 3.05) is 0 Å². The van der Waals surface area contributed by atoms with E-state index in [1.54, 1.807) is 0 Å². The van der Waals surface area contributed by atoms with Crippen LogP contribution in [0.3, 0.4) is 0 Å². The van der Waals surface area contributed by atoms with E-state index in [0.717, 1.165) is 32.1 Å². The van der Waals surface area contributed by atoms with Crippen molar-refractivity contribution in [1.29, 1.82) is 0 Å². The number of carbonyl (C=O) groups is 2. The Balaban J connectivity index is 1.84. The van der Waals surface area contributed by atoms with Crippen LogP contribution in [0.5, 0.6) is 0 Å². The van der Waals surface area contributed by atoms with Gasteiger partial charge in [-0.3, -0.25) is 4.79 Å². The van der Waals surface area contributed by atoms with Gasteiger partial charge in [0, 0.05) is 24.0 Å². The maximum absolute atomic E-state index is 12.7. The van der Waals surface area contributed by atoms with Gasteiger partial charge in [0.25, 0.3) is 0 Å². The molecular weight excluding hydrogens is 280 g/mol. The van der Waals surface area contributed by atoms with Crippen LogP contribution in [-0.4, -0.2) is 40.6 Å². The van der Waals surface area contributed by atoms with Gasteiger partial charge in [-0.05, 0) is 66.7 Å². The van der Waals surface area contributed by atoms with Gasteiger partial charge in [-0.15, -0.1) is 0 Å². The molecule has 2 fully saturated rings. The Labute approximate surface area is 133 Å². The Kier molecular flexibility index (Phi) is 5.03. The highest BCUT2D eigenvalue weighted by atomic mass is 16.6. The molecule has 2 amide bonds. The third kappa shape index (κ3) is 4.62. The van der Waals surface area contributed by atoms with E-state index >= 15 is 0 Å². The van der Waals surface area contributed by atoms with Crippen LogP contribution in [0, 0.1) is 5.92 Å². The van der Waals surface area contributed by atoms with E-state index in [1.165, 1.54) is 0 Å². The quantitative estimate of drug-likeness (QED) is 0.868. The Hall–Kier alpha value is -1.26. The van der Waals surface area contributed by atoms with Crippen LogP contribution < -0.4 is 5.32 Å². The first-order valence-corrected chi connectivity index (χ1v) is 8.49. The predicted octanol–water partition coefficient (Wildman–Crippen LogP) is 3.08. The summed E-state index contributed by atoms with van der Waals surface area (Å²) >= 11 is 0. The fraction of sp³-hybridized carbons (Fsp3) is 0.882. The molecule has 0 bridgehead atoms. The molecule has 0 aliphatic heterocycles. The van der Waals surface area contributed by atoms with Crippen LogP contribution >= 0.6 is 0 Å². The lowest BCUT2D eigenvalue weighted by atomic mass is 10.0. The first-order valence-electron chi connectivity index (χ1n) is 8.49. The Bertz CT molecular complexity index is 422. The number of ether oxygens (including phenoxy) is 1. The fourth-order valence-corrected chi connectivity index (χ4v) is 3.23. The lowest BCUT2D eigenvalue weighted by Gasteiger charge is -2.29. The standard InChI is InChI=1S/C17H30N2O3/c1-11(2)19(14-8-9-14)15(20)12-6-7-13(10-12)18-16(21)22-17(3,4)5/h11-14H,6-10H2,1-5H3,(H,18,21)/t12-,13-/m0/s1. The molecule has 22 heavy (non-hydrogen) atoms. The minimum absolute atomic E-state index is 0.0444. The average Bonchev–Trinajstić information content (AvgIpc) is 3.05. The van der Waals surface area contributed by atoms with Gasteiger partial charge in [0.2, 0.25) is 5.91 Å². The maximum atomic E-state index is 12.7. The molecule has 2 rings (SSSR count). The van der Waals surface area contributed by atoms with Crippen molar-refractivity contribution in [2.45, 2.75) is 90.4 Å². The summed E-state index contributed by atoms with van der Waals surface area (Å²) in [5.74, 6) is 0.314. The summed E-state index contributed by atoms with van der Waals surface area (Å²) in [7, 11) is 0. The number of hydrogen-bond donors (Lipinski definition) is 1. The van der Waals surface area contributed by atoms with Crippen LogP contribution in [0.2, 0.25) is 0 Å². The molecular formula is C17H30N2O3. The summed E-state index contributed by atoms with van der Waals surface area (Å²) in [5, 5.41) is 2.90.